The molecule has 0 N–H and O–H groups in total. The monoisotopic (exact) mass is 312 g/mol. The molecule has 0 fully saturated rings. The second-order valence-corrected chi connectivity index (χ2v) is 7.82. The van der Waals surface area contributed by atoms with E-state index in [1.807, 2.05) is 6.92 Å². The van der Waals surface area contributed by atoms with Crippen LogP contribution >= 0.6 is 0 Å². The molecule has 0 bridgehead atoms. The number of hydrogen-bond acceptors (Lipinski definition) is 2. The molecule has 0 radical (unpaired) electrons. The van der Waals surface area contributed by atoms with E-state index < -0.39 is 0 Å². The molecule has 0 aliphatic rings. The van der Waals surface area contributed by atoms with Crippen molar-refractivity contribution in [3.8, 4) is 0 Å². The van der Waals surface area contributed by atoms with Gasteiger partial charge in [-0.3, -0.25) is 4.79 Å². The minimum Gasteiger partial charge on any atom is -0.463 e. The Balaban J connectivity index is 3.52. The number of rotatable bonds is 13. The fourth-order valence-corrected chi connectivity index (χ4v) is 3.07. The smallest absolute Gasteiger partial charge is 0.302 e. The molecule has 0 heterocycles. The Hall–Kier alpha value is -0.530. The zero-order chi connectivity index (χ0) is 17.0. The number of hydrogen-bond donors (Lipinski definition) is 0. The molecule has 2 nitrogen and oxygen atoms in total. The van der Waals surface area contributed by atoms with Crippen LogP contribution in [-0.2, 0) is 9.53 Å². The summed E-state index contributed by atoms with van der Waals surface area (Å²) in [6, 6.07) is 0. The van der Waals surface area contributed by atoms with Crippen molar-refractivity contribution in [3.05, 3.63) is 0 Å². The van der Waals surface area contributed by atoms with Gasteiger partial charge < -0.3 is 4.74 Å². The van der Waals surface area contributed by atoms with Crippen molar-refractivity contribution in [2.75, 3.05) is 0 Å². The first-order valence-electron chi connectivity index (χ1n) is 9.48. The molecule has 0 aromatic rings. The van der Waals surface area contributed by atoms with Gasteiger partial charge in [-0.1, -0.05) is 72.6 Å². The largest absolute Gasteiger partial charge is 0.463 e. The van der Waals surface area contributed by atoms with Crippen LogP contribution in [0, 0.1) is 17.8 Å². The lowest BCUT2D eigenvalue weighted by Crippen LogP contribution is -2.12. The molecule has 2 heteroatoms. The van der Waals surface area contributed by atoms with E-state index in [4.69, 9.17) is 4.74 Å². The summed E-state index contributed by atoms with van der Waals surface area (Å²) in [7, 11) is 0. The minimum absolute atomic E-state index is 0.0747. The van der Waals surface area contributed by atoms with Gasteiger partial charge in [-0.05, 0) is 37.5 Å². The van der Waals surface area contributed by atoms with E-state index in [1.54, 1.807) is 0 Å². The van der Waals surface area contributed by atoms with Gasteiger partial charge in [0.05, 0.1) is 6.10 Å². The molecule has 0 saturated heterocycles. The van der Waals surface area contributed by atoms with Crippen LogP contribution in [0.5, 0.6) is 0 Å². The van der Waals surface area contributed by atoms with Crippen LogP contribution in [0.3, 0.4) is 0 Å². The van der Waals surface area contributed by atoms with Gasteiger partial charge in [0, 0.05) is 6.92 Å². The molecule has 0 amide bonds. The lowest BCUT2D eigenvalue weighted by molar-refractivity contribution is -0.145. The van der Waals surface area contributed by atoms with Crippen LogP contribution in [0.2, 0.25) is 0 Å². The molecule has 0 aromatic heterocycles. The number of carbonyl (C=O) groups excluding carboxylic acids is 1. The average molecular weight is 313 g/mol. The van der Waals surface area contributed by atoms with Crippen molar-refractivity contribution in [1.82, 2.24) is 0 Å². The first-order chi connectivity index (χ1) is 10.3. The minimum atomic E-state index is -0.160. The highest BCUT2D eigenvalue weighted by Gasteiger charge is 2.09. The Labute approximate surface area is 139 Å². The van der Waals surface area contributed by atoms with Gasteiger partial charge in [0.1, 0.15) is 0 Å². The summed E-state index contributed by atoms with van der Waals surface area (Å²) < 4.78 is 5.16. The molecule has 0 unspecified atom stereocenters. The van der Waals surface area contributed by atoms with Crippen LogP contribution in [0.15, 0.2) is 0 Å². The zero-order valence-electron chi connectivity index (χ0n) is 16.0. The van der Waals surface area contributed by atoms with Crippen LogP contribution in [0.4, 0.5) is 0 Å². The summed E-state index contributed by atoms with van der Waals surface area (Å²) >= 11 is 0. The van der Waals surface area contributed by atoms with Crippen LogP contribution in [0.1, 0.15) is 99.3 Å². The number of carbonyl (C=O) groups is 1. The molecule has 3 atom stereocenters. The predicted octanol–water partition coefficient (Wildman–Crippen LogP) is 6.38. The van der Waals surface area contributed by atoms with Crippen molar-refractivity contribution >= 4 is 5.97 Å². The third-order valence-electron chi connectivity index (χ3n) is 4.55. The number of ether oxygens (including phenoxy) is 1. The maximum absolute atomic E-state index is 10.8. The molecule has 0 aromatic carbocycles. The van der Waals surface area contributed by atoms with E-state index in [1.165, 1.54) is 58.3 Å². The third kappa shape index (κ3) is 14.4. The summed E-state index contributed by atoms with van der Waals surface area (Å²) in [6.07, 6.45) is 11.7. The normalized spacial score (nSPS) is 15.6. The fourth-order valence-electron chi connectivity index (χ4n) is 3.07. The van der Waals surface area contributed by atoms with Gasteiger partial charge >= 0.3 is 5.97 Å². The molecule has 132 valence electrons. The standard InChI is InChI=1S/C20H40O2/c1-16(2)10-7-11-17(3)12-8-13-18(4)14-9-15-19(5)22-20(6)21/h16-19H,7-15H2,1-6H3/t17-,18-,19+/m1/s1. The van der Waals surface area contributed by atoms with Gasteiger partial charge in [0.25, 0.3) is 0 Å². The lowest BCUT2D eigenvalue weighted by atomic mass is 9.92. The van der Waals surface area contributed by atoms with Gasteiger partial charge in [-0.15, -0.1) is 0 Å². The van der Waals surface area contributed by atoms with E-state index in [0.717, 1.165) is 24.2 Å². The molecule has 0 saturated carbocycles. The van der Waals surface area contributed by atoms with Crippen LogP contribution < -0.4 is 0 Å². The number of esters is 1. The molecule has 0 aliphatic heterocycles. The second-order valence-electron chi connectivity index (χ2n) is 7.82. The summed E-state index contributed by atoms with van der Waals surface area (Å²) in [4.78, 5) is 10.8. The zero-order valence-corrected chi connectivity index (χ0v) is 16.0. The Kier molecular flexibility index (Phi) is 12.6. The summed E-state index contributed by atoms with van der Waals surface area (Å²) in [5, 5.41) is 0. The van der Waals surface area contributed by atoms with Crippen LogP contribution in [0.25, 0.3) is 0 Å². The van der Waals surface area contributed by atoms with Gasteiger partial charge in [0.15, 0.2) is 0 Å². The maximum atomic E-state index is 10.8. The Morgan fingerprint density at radius 3 is 1.55 bits per heavy atom. The van der Waals surface area contributed by atoms with Crippen molar-refractivity contribution in [1.29, 1.82) is 0 Å². The van der Waals surface area contributed by atoms with E-state index in [-0.39, 0.29) is 12.1 Å². The highest BCUT2D eigenvalue weighted by Crippen LogP contribution is 2.21. The van der Waals surface area contributed by atoms with Crippen LogP contribution in [-0.4, -0.2) is 12.1 Å². The van der Waals surface area contributed by atoms with Crippen molar-refractivity contribution in [3.63, 3.8) is 0 Å². The SMILES string of the molecule is CC(=O)O[C@@H](C)CCC[C@H](C)CCC[C@H](C)CCCC(C)C. The van der Waals surface area contributed by atoms with Gasteiger partial charge in [-0.2, -0.15) is 0 Å². The van der Waals surface area contributed by atoms with E-state index in [2.05, 4.69) is 27.7 Å². The van der Waals surface area contributed by atoms with E-state index in [9.17, 15) is 4.79 Å². The molecule has 0 spiro atoms. The maximum Gasteiger partial charge on any atom is 0.302 e. The first-order valence-corrected chi connectivity index (χ1v) is 9.48. The molecule has 0 rings (SSSR count). The van der Waals surface area contributed by atoms with E-state index in [0.29, 0.717) is 0 Å². The first kappa shape index (κ1) is 21.5. The van der Waals surface area contributed by atoms with Gasteiger partial charge in [0.2, 0.25) is 0 Å². The summed E-state index contributed by atoms with van der Waals surface area (Å²) in [5.74, 6) is 2.37. The molecular formula is C20H40O2. The van der Waals surface area contributed by atoms with Crippen molar-refractivity contribution < 1.29 is 9.53 Å². The highest BCUT2D eigenvalue weighted by molar-refractivity contribution is 5.66. The summed E-state index contributed by atoms with van der Waals surface area (Å²) in [6.45, 7) is 12.9. The fraction of sp³-hybridized carbons (Fsp3) is 0.950. The Morgan fingerprint density at radius 2 is 1.14 bits per heavy atom. The average Bonchev–Trinajstić information content (AvgIpc) is 2.37. The predicted molar refractivity (Wildman–Crippen MR) is 95.9 cm³/mol. The molecular weight excluding hydrogens is 272 g/mol. The highest BCUT2D eigenvalue weighted by atomic mass is 16.5. The van der Waals surface area contributed by atoms with Gasteiger partial charge in [-0.25, -0.2) is 0 Å². The lowest BCUT2D eigenvalue weighted by Gasteiger charge is -2.16. The molecule has 22 heavy (non-hydrogen) atoms. The molecule has 0 aliphatic carbocycles. The topological polar surface area (TPSA) is 26.3 Å². The third-order valence-corrected chi connectivity index (χ3v) is 4.55. The summed E-state index contributed by atoms with van der Waals surface area (Å²) in [5.41, 5.74) is 0. The van der Waals surface area contributed by atoms with Crippen molar-refractivity contribution in [2.24, 2.45) is 17.8 Å². The quantitative estimate of drug-likeness (QED) is 0.369. The van der Waals surface area contributed by atoms with E-state index >= 15 is 0 Å². The Bertz CT molecular complexity index is 273. The Morgan fingerprint density at radius 1 is 0.727 bits per heavy atom. The van der Waals surface area contributed by atoms with Crippen molar-refractivity contribution in [2.45, 2.75) is 105 Å². The second kappa shape index (κ2) is 13.0.